The highest BCUT2D eigenvalue weighted by Crippen LogP contribution is 2.38. The van der Waals surface area contributed by atoms with Gasteiger partial charge in [-0.05, 0) is 99.3 Å². The maximum absolute atomic E-state index is 6.25. The van der Waals surface area contributed by atoms with Gasteiger partial charge in [-0.25, -0.2) is 0 Å². The molecule has 0 unspecified atom stereocenters. The van der Waals surface area contributed by atoms with E-state index in [2.05, 4.69) is 107 Å². The lowest BCUT2D eigenvalue weighted by molar-refractivity contribution is 0.417. The number of nitrogens with zero attached hydrogens (tertiary/aromatic N) is 8. The average molecular weight is 704 g/mol. The van der Waals surface area contributed by atoms with Crippen molar-refractivity contribution in [1.82, 2.24) is 38.7 Å². The lowest BCUT2D eigenvalue weighted by atomic mass is 10.0. The quantitative estimate of drug-likeness (QED) is 0.143. The van der Waals surface area contributed by atoms with Crippen molar-refractivity contribution >= 4 is 49.3 Å². The molecule has 0 atom stereocenters. The Kier molecular flexibility index (Phi) is 8.40. The number of methoxy groups -OCH3 is 1. The molecule has 2 aromatic carbocycles. The van der Waals surface area contributed by atoms with Gasteiger partial charge in [0.25, 0.3) is 0 Å². The average Bonchev–Trinajstić information content (AvgIpc) is 3.88. The zero-order chi connectivity index (χ0) is 37.1. The molecule has 8 rings (SSSR count). The van der Waals surface area contributed by atoms with Gasteiger partial charge >= 0.3 is 0 Å². The number of allylic oxidation sites excluding steroid dienone is 2. The summed E-state index contributed by atoms with van der Waals surface area (Å²) in [5, 5.41) is 13.7. The van der Waals surface area contributed by atoms with E-state index in [0.29, 0.717) is 18.8 Å². The van der Waals surface area contributed by atoms with Crippen LogP contribution in [0.4, 0.5) is 0 Å². The number of nitrogens with two attached hydrogens (primary N) is 1. The molecule has 268 valence electrons. The van der Waals surface area contributed by atoms with Crippen molar-refractivity contribution in [3.63, 3.8) is 0 Å². The molecule has 0 saturated heterocycles. The van der Waals surface area contributed by atoms with Crippen LogP contribution in [0, 0.1) is 20.8 Å². The molecule has 0 radical (unpaired) electrons. The van der Waals surface area contributed by atoms with Crippen molar-refractivity contribution in [2.45, 2.75) is 60.7 Å². The zero-order valence-corrected chi connectivity index (χ0v) is 31.5. The summed E-state index contributed by atoms with van der Waals surface area (Å²) in [4.78, 5) is 9.87. The monoisotopic (exact) mass is 703 g/mol. The smallest absolute Gasteiger partial charge is 0.143 e. The molecule has 0 saturated carbocycles. The minimum absolute atomic E-state index is 0.557. The molecule has 53 heavy (non-hydrogen) atoms. The molecule has 0 aliphatic rings. The van der Waals surface area contributed by atoms with E-state index in [9.17, 15) is 0 Å². The Morgan fingerprint density at radius 2 is 1.36 bits per heavy atom. The summed E-state index contributed by atoms with van der Waals surface area (Å²) in [5.41, 5.74) is 20.3. The number of fused-ring (bicyclic) bond motifs is 6. The summed E-state index contributed by atoms with van der Waals surface area (Å²) in [6.07, 6.45) is 9.36. The number of aryl methyl sites for hydroxylation is 6. The molecule has 0 spiro atoms. The molecule has 6 heterocycles. The molecule has 0 fully saturated rings. The molecule has 0 bridgehead atoms. The number of ether oxygens (including phenoxy) is 1. The predicted octanol–water partition coefficient (Wildman–Crippen LogP) is 8.66. The van der Waals surface area contributed by atoms with E-state index in [0.717, 1.165) is 102 Å². The van der Waals surface area contributed by atoms with E-state index in [1.165, 1.54) is 11.1 Å². The van der Waals surface area contributed by atoms with Gasteiger partial charge in [0.1, 0.15) is 5.75 Å². The van der Waals surface area contributed by atoms with Crippen LogP contribution in [0.25, 0.3) is 72.1 Å². The molecule has 0 amide bonds. The van der Waals surface area contributed by atoms with Crippen molar-refractivity contribution < 1.29 is 4.74 Å². The summed E-state index contributed by atoms with van der Waals surface area (Å²) < 4.78 is 14.7. The van der Waals surface area contributed by atoms with Gasteiger partial charge in [0.15, 0.2) is 0 Å². The second kappa shape index (κ2) is 13.1. The standard InChI is InChI=1S/C43H45N9O/c1-9-29-19-30(28(6)44)20-32-34-24-45-35(39-17-26(4)47-49(39)7)21-37(34)50(42(29)32)13-11-12-14-51-38-22-36(40-18-27(5)48-52(40)10-2)46-23-33(38)31-15-25(3)16-41(53-8)43(31)51/h11-12,15-24H,6,9-10,13-14,44H2,1-5,7-8H3/b12-11+. The molecular formula is C43H45N9O. The van der Waals surface area contributed by atoms with Gasteiger partial charge in [0.2, 0.25) is 0 Å². The Labute approximate surface area is 308 Å². The first-order valence-electron chi connectivity index (χ1n) is 18.2. The minimum Gasteiger partial charge on any atom is -0.495 e. The van der Waals surface area contributed by atoms with E-state index in [4.69, 9.17) is 20.4 Å². The van der Waals surface area contributed by atoms with Crippen LogP contribution < -0.4 is 10.5 Å². The zero-order valence-electron chi connectivity index (χ0n) is 31.5. The third-order valence-electron chi connectivity index (χ3n) is 10.3. The molecule has 0 aliphatic heterocycles. The molecule has 0 aliphatic carbocycles. The molecule has 2 N–H and O–H groups in total. The normalized spacial score (nSPS) is 12.1. The van der Waals surface area contributed by atoms with Gasteiger partial charge in [0.05, 0.1) is 63.3 Å². The maximum atomic E-state index is 6.25. The largest absolute Gasteiger partial charge is 0.495 e. The van der Waals surface area contributed by atoms with Gasteiger partial charge in [-0.1, -0.05) is 25.7 Å². The molecule has 10 nitrogen and oxygen atoms in total. The number of hydrogen-bond donors (Lipinski definition) is 1. The molecular weight excluding hydrogens is 659 g/mol. The van der Waals surface area contributed by atoms with E-state index >= 15 is 0 Å². The van der Waals surface area contributed by atoms with Crippen molar-refractivity contribution in [3.05, 3.63) is 108 Å². The topological polar surface area (TPSA) is 107 Å². The van der Waals surface area contributed by atoms with Crippen LogP contribution in [0.3, 0.4) is 0 Å². The highest BCUT2D eigenvalue weighted by atomic mass is 16.5. The third kappa shape index (κ3) is 5.65. The van der Waals surface area contributed by atoms with Crippen LogP contribution in [0.1, 0.15) is 41.9 Å². The predicted molar refractivity (Wildman–Crippen MR) is 216 cm³/mol. The van der Waals surface area contributed by atoms with Crippen molar-refractivity contribution in [2.24, 2.45) is 12.8 Å². The summed E-state index contributed by atoms with van der Waals surface area (Å²) in [5.74, 6) is 0.846. The Bertz CT molecular complexity index is 2770. The lowest BCUT2D eigenvalue weighted by Gasteiger charge is -2.11. The van der Waals surface area contributed by atoms with Crippen LogP contribution in [-0.4, -0.2) is 45.8 Å². The van der Waals surface area contributed by atoms with Crippen LogP contribution in [0.15, 0.2) is 79.7 Å². The Balaban J connectivity index is 1.26. The molecule has 8 aromatic rings. The van der Waals surface area contributed by atoms with Crippen molar-refractivity contribution in [3.8, 4) is 28.5 Å². The highest BCUT2D eigenvalue weighted by molar-refractivity contribution is 6.11. The van der Waals surface area contributed by atoms with Crippen LogP contribution >= 0.6 is 0 Å². The third-order valence-corrected chi connectivity index (χ3v) is 10.3. The summed E-state index contributed by atoms with van der Waals surface area (Å²) in [6.45, 7) is 16.6. The van der Waals surface area contributed by atoms with E-state index in [-0.39, 0.29) is 0 Å². The van der Waals surface area contributed by atoms with Crippen molar-refractivity contribution in [2.75, 3.05) is 7.11 Å². The van der Waals surface area contributed by atoms with Gasteiger partial charge in [-0.3, -0.25) is 19.3 Å². The first-order chi connectivity index (χ1) is 25.6. The second-order valence-electron chi connectivity index (χ2n) is 13.9. The van der Waals surface area contributed by atoms with Gasteiger partial charge < -0.3 is 19.6 Å². The Hall–Kier alpha value is -6.16. The highest BCUT2D eigenvalue weighted by Gasteiger charge is 2.20. The number of rotatable bonds is 10. The van der Waals surface area contributed by atoms with Gasteiger partial charge in [-0.15, -0.1) is 0 Å². The lowest BCUT2D eigenvalue weighted by Crippen LogP contribution is -2.02. The maximum Gasteiger partial charge on any atom is 0.143 e. The first kappa shape index (κ1) is 34.0. The fraction of sp³-hybridized carbons (Fsp3) is 0.256. The number of hydrogen-bond acceptors (Lipinski definition) is 6. The minimum atomic E-state index is 0.557. The van der Waals surface area contributed by atoms with E-state index in [1.54, 1.807) is 7.11 Å². The Morgan fingerprint density at radius 3 is 1.94 bits per heavy atom. The fourth-order valence-electron chi connectivity index (χ4n) is 7.91. The van der Waals surface area contributed by atoms with E-state index < -0.39 is 0 Å². The van der Waals surface area contributed by atoms with Crippen LogP contribution in [0.5, 0.6) is 5.75 Å². The molecule has 10 heteroatoms. The second-order valence-corrected chi connectivity index (χ2v) is 13.9. The number of aromatic nitrogens is 8. The summed E-state index contributed by atoms with van der Waals surface area (Å²) in [6, 6.07) is 17.2. The SMILES string of the molecule is C=C(N)c1cc(CC)c2c(c1)c1cnc(-c3cc(C)nn3C)cc1n2C/C=C/Cn1c2cc(-c3cc(C)nn3CC)ncc2c2cc(C)cc(OC)c21. The van der Waals surface area contributed by atoms with Gasteiger partial charge in [-0.2, -0.15) is 10.2 Å². The first-order valence-corrected chi connectivity index (χ1v) is 18.2. The summed E-state index contributed by atoms with van der Waals surface area (Å²) in [7, 11) is 3.71. The van der Waals surface area contributed by atoms with Crippen LogP contribution in [-0.2, 0) is 33.1 Å². The Morgan fingerprint density at radius 1 is 0.755 bits per heavy atom. The van der Waals surface area contributed by atoms with Crippen molar-refractivity contribution in [1.29, 1.82) is 0 Å². The summed E-state index contributed by atoms with van der Waals surface area (Å²) >= 11 is 0. The molecule has 6 aromatic heterocycles. The van der Waals surface area contributed by atoms with E-state index in [1.807, 2.05) is 42.7 Å². The number of benzene rings is 2. The fourth-order valence-corrected chi connectivity index (χ4v) is 7.91. The number of pyridine rings is 2. The van der Waals surface area contributed by atoms with Gasteiger partial charge in [0, 0.05) is 66.3 Å². The van der Waals surface area contributed by atoms with Crippen LogP contribution in [0.2, 0.25) is 0 Å².